The molecule has 2 N–H and O–H groups in total. The quantitative estimate of drug-likeness (QED) is 0.554. The van der Waals surface area contributed by atoms with E-state index in [1.54, 1.807) is 24.3 Å². The molecule has 0 fully saturated rings. The Bertz CT molecular complexity index is 1160. The van der Waals surface area contributed by atoms with E-state index < -0.39 is 11.7 Å². The monoisotopic (exact) mass is 345 g/mol. The third-order valence-electron chi connectivity index (χ3n) is 3.97. The number of pyridine rings is 1. The van der Waals surface area contributed by atoms with Gasteiger partial charge in [-0.2, -0.15) is 23.0 Å². The van der Waals surface area contributed by atoms with Crippen LogP contribution in [0.2, 0.25) is 0 Å². The van der Waals surface area contributed by atoms with E-state index in [1.165, 1.54) is 12.1 Å². The zero-order valence-corrected chi connectivity index (χ0v) is 12.5. The highest BCUT2D eigenvalue weighted by atomic mass is 19.4. The molecule has 0 spiro atoms. The van der Waals surface area contributed by atoms with Crippen LogP contribution < -0.4 is 5.56 Å². The number of alkyl halides is 3. The van der Waals surface area contributed by atoms with Crippen LogP contribution in [0.1, 0.15) is 5.56 Å². The molecule has 4 aromatic rings. The maximum atomic E-state index is 12.7. The van der Waals surface area contributed by atoms with Gasteiger partial charge in [-0.1, -0.05) is 18.2 Å². The van der Waals surface area contributed by atoms with Crippen LogP contribution in [0.3, 0.4) is 0 Å². The molecule has 8 heteroatoms. The Kier molecular flexibility index (Phi) is 3.11. The van der Waals surface area contributed by atoms with Crippen LogP contribution in [0.25, 0.3) is 27.5 Å². The van der Waals surface area contributed by atoms with Gasteiger partial charge >= 0.3 is 6.18 Å². The molecule has 4 rings (SSSR count). The van der Waals surface area contributed by atoms with Crippen molar-refractivity contribution in [1.82, 2.24) is 14.8 Å². The summed E-state index contributed by atoms with van der Waals surface area (Å²) >= 11 is 0. The number of rotatable bonds is 1. The zero-order chi connectivity index (χ0) is 17.8. The Morgan fingerprint density at radius 1 is 1.00 bits per heavy atom. The number of benzene rings is 2. The molecule has 0 amide bonds. The van der Waals surface area contributed by atoms with Gasteiger partial charge in [-0.05, 0) is 30.3 Å². The molecule has 0 radical (unpaired) electrons. The number of hydrogen-bond donors (Lipinski definition) is 2. The summed E-state index contributed by atoms with van der Waals surface area (Å²) in [5, 5.41) is 15.6. The SMILES string of the molecule is O=c1[nH]c2c(O)n(-c3ccc(C(F)(F)F)cc3)nc2c2ccccc12. The summed E-state index contributed by atoms with van der Waals surface area (Å²) in [7, 11) is 0. The summed E-state index contributed by atoms with van der Waals surface area (Å²) < 4.78 is 39.1. The molecule has 25 heavy (non-hydrogen) atoms. The highest BCUT2D eigenvalue weighted by molar-refractivity contribution is 6.04. The molecule has 0 unspecified atom stereocenters. The van der Waals surface area contributed by atoms with Crippen molar-refractivity contribution in [2.24, 2.45) is 0 Å². The predicted octanol–water partition coefficient (Wildman–Crippen LogP) is 3.59. The molecular formula is C17H10F3N3O2. The van der Waals surface area contributed by atoms with Crippen LogP contribution in [-0.4, -0.2) is 19.9 Å². The smallest absolute Gasteiger partial charge is 0.416 e. The average Bonchev–Trinajstić information content (AvgIpc) is 2.92. The van der Waals surface area contributed by atoms with E-state index in [4.69, 9.17) is 0 Å². The lowest BCUT2D eigenvalue weighted by atomic mass is 10.1. The van der Waals surface area contributed by atoms with Crippen molar-refractivity contribution >= 4 is 21.8 Å². The summed E-state index contributed by atoms with van der Waals surface area (Å²) in [6.07, 6.45) is -4.45. The zero-order valence-electron chi connectivity index (χ0n) is 12.5. The Labute approximate surface area is 137 Å². The van der Waals surface area contributed by atoms with E-state index in [1.807, 2.05) is 0 Å². The van der Waals surface area contributed by atoms with Gasteiger partial charge in [-0.25, -0.2) is 0 Å². The molecule has 126 valence electrons. The molecule has 2 heterocycles. The van der Waals surface area contributed by atoms with Gasteiger partial charge in [-0.15, -0.1) is 0 Å². The van der Waals surface area contributed by atoms with Crippen LogP contribution in [0.15, 0.2) is 53.3 Å². The van der Waals surface area contributed by atoms with Crippen LogP contribution in [-0.2, 0) is 6.18 Å². The van der Waals surface area contributed by atoms with Crippen molar-refractivity contribution in [3.8, 4) is 11.6 Å². The number of halogens is 3. The molecule has 0 aliphatic rings. The van der Waals surface area contributed by atoms with E-state index in [2.05, 4.69) is 10.1 Å². The average molecular weight is 345 g/mol. The summed E-state index contributed by atoms with van der Waals surface area (Å²) in [5.74, 6) is -0.349. The lowest BCUT2D eigenvalue weighted by molar-refractivity contribution is -0.137. The molecule has 0 aliphatic heterocycles. The largest absolute Gasteiger partial charge is 0.492 e. The number of nitrogens with one attached hydrogen (secondary N) is 1. The number of aromatic nitrogens is 3. The molecule has 0 saturated carbocycles. The summed E-state index contributed by atoms with van der Waals surface area (Å²) in [6, 6.07) is 11.0. The van der Waals surface area contributed by atoms with E-state index in [0.29, 0.717) is 16.3 Å². The van der Waals surface area contributed by atoms with Crippen LogP contribution >= 0.6 is 0 Å². The fraction of sp³-hybridized carbons (Fsp3) is 0.0588. The van der Waals surface area contributed by atoms with Gasteiger partial charge in [0.1, 0.15) is 11.0 Å². The Morgan fingerprint density at radius 2 is 1.64 bits per heavy atom. The minimum atomic E-state index is -4.45. The first kappa shape index (κ1) is 15.3. The topological polar surface area (TPSA) is 70.9 Å². The van der Waals surface area contributed by atoms with E-state index in [0.717, 1.165) is 16.8 Å². The highest BCUT2D eigenvalue weighted by Crippen LogP contribution is 2.32. The number of aromatic hydroxyl groups is 1. The normalized spacial score (nSPS) is 12.1. The first-order valence-electron chi connectivity index (χ1n) is 7.26. The van der Waals surface area contributed by atoms with E-state index >= 15 is 0 Å². The van der Waals surface area contributed by atoms with Gasteiger partial charge in [0.25, 0.3) is 5.56 Å². The lowest BCUT2D eigenvalue weighted by Crippen LogP contribution is -2.05. The maximum absolute atomic E-state index is 12.7. The van der Waals surface area contributed by atoms with Crippen molar-refractivity contribution in [1.29, 1.82) is 0 Å². The molecule has 5 nitrogen and oxygen atoms in total. The fourth-order valence-corrected chi connectivity index (χ4v) is 2.75. The maximum Gasteiger partial charge on any atom is 0.416 e. The molecule has 0 bridgehead atoms. The molecular weight excluding hydrogens is 335 g/mol. The Hall–Kier alpha value is -3.29. The van der Waals surface area contributed by atoms with E-state index in [9.17, 15) is 23.1 Å². The van der Waals surface area contributed by atoms with Crippen molar-refractivity contribution in [3.05, 3.63) is 64.4 Å². The number of nitrogens with zero attached hydrogens (tertiary/aromatic N) is 2. The third kappa shape index (κ3) is 2.34. The number of fused-ring (bicyclic) bond motifs is 3. The summed E-state index contributed by atoms with van der Waals surface area (Å²) in [5.41, 5.74) is -0.459. The van der Waals surface area contributed by atoms with Gasteiger partial charge in [0.05, 0.1) is 11.3 Å². The summed E-state index contributed by atoms with van der Waals surface area (Å²) in [4.78, 5) is 14.7. The second-order valence-electron chi connectivity index (χ2n) is 5.50. The van der Waals surface area contributed by atoms with Gasteiger partial charge in [-0.3, -0.25) is 4.79 Å². The van der Waals surface area contributed by atoms with Gasteiger partial charge < -0.3 is 10.1 Å². The van der Waals surface area contributed by atoms with Gasteiger partial charge in [0, 0.05) is 10.8 Å². The highest BCUT2D eigenvalue weighted by Gasteiger charge is 2.30. The van der Waals surface area contributed by atoms with Crippen molar-refractivity contribution in [2.45, 2.75) is 6.18 Å². The van der Waals surface area contributed by atoms with Crippen molar-refractivity contribution in [2.75, 3.05) is 0 Å². The Morgan fingerprint density at radius 3 is 2.28 bits per heavy atom. The van der Waals surface area contributed by atoms with E-state index in [-0.39, 0.29) is 22.6 Å². The lowest BCUT2D eigenvalue weighted by Gasteiger charge is -2.08. The summed E-state index contributed by atoms with van der Waals surface area (Å²) in [6.45, 7) is 0. The van der Waals surface area contributed by atoms with Crippen LogP contribution in [0, 0.1) is 0 Å². The third-order valence-corrected chi connectivity index (χ3v) is 3.97. The molecule has 2 aromatic carbocycles. The van der Waals surface area contributed by atoms with Gasteiger partial charge in [0.15, 0.2) is 0 Å². The standard InChI is InChI=1S/C17H10F3N3O2/c18-17(19,20)9-5-7-10(8-6-9)23-16(25)14-13(22-23)11-3-1-2-4-12(11)15(24)21-14/h1-8,25H,(H,21,24). The molecule has 0 saturated heterocycles. The van der Waals surface area contributed by atoms with Gasteiger partial charge in [0.2, 0.25) is 5.88 Å². The number of aromatic amines is 1. The second-order valence-corrected chi connectivity index (χ2v) is 5.50. The molecule has 0 atom stereocenters. The first-order chi connectivity index (χ1) is 11.9. The predicted molar refractivity (Wildman–Crippen MR) is 85.9 cm³/mol. The fourth-order valence-electron chi connectivity index (χ4n) is 2.75. The first-order valence-corrected chi connectivity index (χ1v) is 7.26. The van der Waals surface area contributed by atoms with Crippen LogP contribution in [0.4, 0.5) is 13.2 Å². The Balaban J connectivity index is 1.96. The van der Waals surface area contributed by atoms with Crippen LogP contribution in [0.5, 0.6) is 5.88 Å². The number of hydrogen-bond acceptors (Lipinski definition) is 3. The second kappa shape index (κ2) is 5.10. The minimum Gasteiger partial charge on any atom is -0.492 e. The molecule has 2 aromatic heterocycles. The molecule has 0 aliphatic carbocycles. The van der Waals surface area contributed by atoms with Crippen molar-refractivity contribution < 1.29 is 18.3 Å². The number of H-pyrrole nitrogens is 1. The van der Waals surface area contributed by atoms with Crippen molar-refractivity contribution in [3.63, 3.8) is 0 Å². The minimum absolute atomic E-state index is 0.128.